The van der Waals surface area contributed by atoms with Gasteiger partial charge in [-0.2, -0.15) is 0 Å². The van der Waals surface area contributed by atoms with E-state index in [2.05, 4.69) is 27.8 Å². The van der Waals surface area contributed by atoms with Crippen LogP contribution in [-0.4, -0.2) is 39.9 Å². The molecule has 150 valence electrons. The topological polar surface area (TPSA) is 54.9 Å². The second kappa shape index (κ2) is 9.80. The van der Waals surface area contributed by atoms with Gasteiger partial charge in [0.15, 0.2) is 5.96 Å². The molecule has 0 spiro atoms. The summed E-state index contributed by atoms with van der Waals surface area (Å²) in [5.74, 6) is 1.63. The van der Waals surface area contributed by atoms with Crippen LogP contribution in [0.25, 0.3) is 0 Å². The highest BCUT2D eigenvalue weighted by molar-refractivity contribution is 6.30. The van der Waals surface area contributed by atoms with Gasteiger partial charge in [0.25, 0.3) is 0 Å². The number of aliphatic imine (C=N–C) groups is 1. The Morgan fingerprint density at radius 1 is 1.14 bits per heavy atom. The third kappa shape index (κ3) is 4.97. The quantitative estimate of drug-likeness (QED) is 0.571. The number of nitrogens with one attached hydrogen (secondary N) is 2. The summed E-state index contributed by atoms with van der Waals surface area (Å²) in [7, 11) is 3.47. The number of guanidine groups is 1. The van der Waals surface area contributed by atoms with E-state index in [1.54, 1.807) is 14.2 Å². The Balaban J connectivity index is 1.68. The van der Waals surface area contributed by atoms with E-state index in [1.165, 1.54) is 5.56 Å². The number of benzene rings is 2. The largest absolute Gasteiger partial charge is 0.496 e. The van der Waals surface area contributed by atoms with Crippen LogP contribution in [0.2, 0.25) is 5.02 Å². The molecular formula is C22H28ClN3O2. The lowest BCUT2D eigenvalue weighted by atomic mass is 9.74. The van der Waals surface area contributed by atoms with Gasteiger partial charge in [0.2, 0.25) is 0 Å². The van der Waals surface area contributed by atoms with E-state index in [9.17, 15) is 0 Å². The molecular weight excluding hydrogens is 374 g/mol. The van der Waals surface area contributed by atoms with Crippen LogP contribution in [0.3, 0.4) is 0 Å². The van der Waals surface area contributed by atoms with E-state index < -0.39 is 0 Å². The average molecular weight is 402 g/mol. The van der Waals surface area contributed by atoms with Crippen LogP contribution >= 0.6 is 11.6 Å². The van der Waals surface area contributed by atoms with Gasteiger partial charge in [-0.05, 0) is 36.6 Å². The second-order valence-electron chi connectivity index (χ2n) is 6.99. The number of nitrogens with zero attached hydrogens (tertiary/aromatic N) is 1. The molecule has 1 saturated heterocycles. The maximum atomic E-state index is 6.26. The van der Waals surface area contributed by atoms with Crippen LogP contribution in [0.4, 0.5) is 0 Å². The number of hydrogen-bond donors (Lipinski definition) is 2. The van der Waals surface area contributed by atoms with E-state index in [0.717, 1.165) is 54.9 Å². The first-order valence-corrected chi connectivity index (χ1v) is 9.95. The van der Waals surface area contributed by atoms with Crippen molar-refractivity contribution in [2.45, 2.75) is 24.8 Å². The Kier molecular flexibility index (Phi) is 7.18. The number of halogens is 1. The first-order chi connectivity index (χ1) is 13.7. The summed E-state index contributed by atoms with van der Waals surface area (Å²) in [6.07, 6.45) is 1.90. The van der Waals surface area contributed by atoms with Crippen molar-refractivity contribution in [3.05, 3.63) is 64.7 Å². The zero-order valence-electron chi connectivity index (χ0n) is 16.5. The minimum Gasteiger partial charge on any atom is -0.496 e. The van der Waals surface area contributed by atoms with Crippen molar-refractivity contribution in [3.63, 3.8) is 0 Å². The molecule has 6 heteroatoms. The number of hydrogen-bond acceptors (Lipinski definition) is 3. The second-order valence-corrected chi connectivity index (χ2v) is 7.43. The normalized spacial score (nSPS) is 16.5. The van der Waals surface area contributed by atoms with Crippen molar-refractivity contribution < 1.29 is 9.47 Å². The van der Waals surface area contributed by atoms with Crippen LogP contribution in [0.1, 0.15) is 24.0 Å². The number of rotatable bonds is 6. The number of ether oxygens (including phenoxy) is 2. The van der Waals surface area contributed by atoms with Gasteiger partial charge in [-0.25, -0.2) is 0 Å². The molecule has 1 fully saturated rings. The van der Waals surface area contributed by atoms with Gasteiger partial charge < -0.3 is 20.1 Å². The zero-order valence-corrected chi connectivity index (χ0v) is 17.3. The van der Waals surface area contributed by atoms with E-state index in [-0.39, 0.29) is 5.41 Å². The van der Waals surface area contributed by atoms with E-state index in [4.69, 9.17) is 21.1 Å². The Morgan fingerprint density at radius 2 is 1.93 bits per heavy atom. The molecule has 0 saturated carbocycles. The van der Waals surface area contributed by atoms with Crippen LogP contribution in [0, 0.1) is 0 Å². The lowest BCUT2D eigenvalue weighted by molar-refractivity contribution is 0.0514. The molecule has 1 aliphatic heterocycles. The summed E-state index contributed by atoms with van der Waals surface area (Å²) in [5, 5.41) is 7.65. The third-order valence-electron chi connectivity index (χ3n) is 5.34. The standard InChI is InChI=1S/C22H28ClN3O2/c1-24-21(25-15-17-6-3-4-9-20(17)27-2)26-16-22(10-12-28-13-11-22)18-7-5-8-19(23)14-18/h3-9,14H,10-13,15-16H2,1-2H3,(H2,24,25,26). The maximum Gasteiger partial charge on any atom is 0.191 e. The molecule has 2 aromatic carbocycles. The molecule has 0 radical (unpaired) electrons. The summed E-state index contributed by atoms with van der Waals surface area (Å²) >= 11 is 6.26. The highest BCUT2D eigenvalue weighted by Crippen LogP contribution is 2.35. The van der Waals surface area contributed by atoms with Gasteiger partial charge in [0, 0.05) is 49.4 Å². The molecule has 5 nitrogen and oxygen atoms in total. The number of methoxy groups -OCH3 is 1. The summed E-state index contributed by atoms with van der Waals surface area (Å²) in [4.78, 5) is 4.38. The zero-order chi connectivity index (χ0) is 19.8. The van der Waals surface area contributed by atoms with E-state index in [0.29, 0.717) is 6.54 Å². The summed E-state index contributed by atoms with van der Waals surface area (Å²) in [6, 6.07) is 16.1. The molecule has 3 rings (SSSR count). The smallest absolute Gasteiger partial charge is 0.191 e. The van der Waals surface area contributed by atoms with E-state index >= 15 is 0 Å². The first-order valence-electron chi connectivity index (χ1n) is 9.57. The van der Waals surface area contributed by atoms with Crippen LogP contribution in [0.5, 0.6) is 5.75 Å². The molecule has 0 unspecified atom stereocenters. The van der Waals surface area contributed by atoms with Gasteiger partial charge in [0.05, 0.1) is 7.11 Å². The Labute approximate surface area is 172 Å². The van der Waals surface area contributed by atoms with Gasteiger partial charge in [-0.3, -0.25) is 4.99 Å². The SMILES string of the molecule is CN=C(NCc1ccccc1OC)NCC1(c2cccc(Cl)c2)CCOCC1. The first kappa shape index (κ1) is 20.5. The van der Waals surface area contributed by atoms with Gasteiger partial charge in [-0.15, -0.1) is 0 Å². The Bertz CT molecular complexity index is 804. The fraction of sp³-hybridized carbons (Fsp3) is 0.409. The lowest BCUT2D eigenvalue weighted by Crippen LogP contribution is -2.47. The van der Waals surface area contributed by atoms with Crippen molar-refractivity contribution in [2.24, 2.45) is 4.99 Å². The molecule has 0 atom stereocenters. The van der Waals surface area contributed by atoms with Gasteiger partial charge in [-0.1, -0.05) is 41.9 Å². The predicted octanol–water partition coefficient (Wildman–Crippen LogP) is 3.76. The lowest BCUT2D eigenvalue weighted by Gasteiger charge is -2.38. The van der Waals surface area contributed by atoms with Crippen molar-refractivity contribution in [3.8, 4) is 5.75 Å². The minimum atomic E-state index is -0.0226. The Hall–Kier alpha value is -2.24. The maximum absolute atomic E-state index is 6.26. The minimum absolute atomic E-state index is 0.0226. The molecule has 2 N–H and O–H groups in total. The average Bonchev–Trinajstić information content (AvgIpc) is 2.75. The van der Waals surface area contributed by atoms with Crippen molar-refractivity contribution in [2.75, 3.05) is 33.9 Å². The van der Waals surface area contributed by atoms with Crippen LogP contribution < -0.4 is 15.4 Å². The highest BCUT2D eigenvalue weighted by Gasteiger charge is 2.34. The molecule has 0 aliphatic carbocycles. The van der Waals surface area contributed by atoms with Gasteiger partial charge >= 0.3 is 0 Å². The summed E-state index contributed by atoms with van der Waals surface area (Å²) < 4.78 is 11.0. The molecule has 1 heterocycles. The molecule has 2 aromatic rings. The fourth-order valence-corrected chi connectivity index (χ4v) is 3.84. The van der Waals surface area contributed by atoms with E-state index in [1.807, 2.05) is 36.4 Å². The molecule has 0 amide bonds. The van der Waals surface area contributed by atoms with Crippen molar-refractivity contribution in [1.82, 2.24) is 10.6 Å². The number of para-hydroxylation sites is 1. The highest BCUT2D eigenvalue weighted by atomic mass is 35.5. The molecule has 0 bridgehead atoms. The predicted molar refractivity (Wildman–Crippen MR) is 114 cm³/mol. The van der Waals surface area contributed by atoms with Crippen LogP contribution in [-0.2, 0) is 16.7 Å². The molecule has 28 heavy (non-hydrogen) atoms. The monoisotopic (exact) mass is 401 g/mol. The Morgan fingerprint density at radius 3 is 2.64 bits per heavy atom. The molecule has 0 aromatic heterocycles. The fourth-order valence-electron chi connectivity index (χ4n) is 3.65. The third-order valence-corrected chi connectivity index (χ3v) is 5.58. The summed E-state index contributed by atoms with van der Waals surface area (Å²) in [5.41, 5.74) is 2.31. The van der Waals surface area contributed by atoms with Crippen molar-refractivity contribution in [1.29, 1.82) is 0 Å². The summed E-state index contributed by atoms with van der Waals surface area (Å²) in [6.45, 7) is 2.90. The van der Waals surface area contributed by atoms with Crippen molar-refractivity contribution >= 4 is 17.6 Å². The molecule has 1 aliphatic rings. The van der Waals surface area contributed by atoms with Crippen LogP contribution in [0.15, 0.2) is 53.5 Å². The van der Waals surface area contributed by atoms with Gasteiger partial charge in [0.1, 0.15) is 5.75 Å².